The summed E-state index contributed by atoms with van der Waals surface area (Å²) in [5.74, 6) is 0.343. The van der Waals surface area contributed by atoms with E-state index >= 15 is 0 Å². The fraction of sp³-hybridized carbons (Fsp3) is 0.240. The molecule has 0 N–H and O–H groups in total. The van der Waals surface area contributed by atoms with Crippen molar-refractivity contribution in [3.63, 3.8) is 0 Å². The Morgan fingerprint density at radius 1 is 0.935 bits per heavy atom. The minimum Gasteiger partial charge on any atom is -0.488 e. The van der Waals surface area contributed by atoms with Crippen molar-refractivity contribution >= 4 is 15.6 Å². The fourth-order valence-electron chi connectivity index (χ4n) is 3.83. The lowest BCUT2D eigenvalue weighted by Crippen LogP contribution is -2.16. The molecule has 3 aromatic rings. The molecule has 0 aliphatic carbocycles. The van der Waals surface area contributed by atoms with Gasteiger partial charge in [-0.2, -0.15) is 0 Å². The average molecular weight is 436 g/mol. The quantitative estimate of drug-likeness (QED) is 0.515. The number of hydrogen-bond acceptors (Lipinski definition) is 5. The molecule has 3 aromatic carbocycles. The average Bonchev–Trinajstić information content (AvgIpc) is 3.14. The van der Waals surface area contributed by atoms with Gasteiger partial charge in [-0.25, -0.2) is 8.42 Å². The van der Waals surface area contributed by atoms with Gasteiger partial charge in [-0.3, -0.25) is 9.69 Å². The van der Waals surface area contributed by atoms with Crippen LogP contribution in [0.3, 0.4) is 0 Å². The molecule has 0 atom stereocenters. The number of fused-ring (bicyclic) bond motifs is 1. The van der Waals surface area contributed by atoms with Crippen LogP contribution in [0.25, 0.3) is 0 Å². The Bertz CT molecular complexity index is 1190. The summed E-state index contributed by atoms with van der Waals surface area (Å²) < 4.78 is 30.7. The molecule has 160 valence electrons. The zero-order valence-corrected chi connectivity index (χ0v) is 18.5. The van der Waals surface area contributed by atoms with Gasteiger partial charge >= 0.3 is 0 Å². The van der Waals surface area contributed by atoms with Crippen LogP contribution in [0.1, 0.15) is 39.5 Å². The van der Waals surface area contributed by atoms with Gasteiger partial charge in [-0.05, 0) is 41.3 Å². The van der Waals surface area contributed by atoms with Crippen molar-refractivity contribution in [3.8, 4) is 5.75 Å². The summed E-state index contributed by atoms with van der Waals surface area (Å²) in [6.07, 6.45) is 1.20. The molecule has 0 radical (unpaired) electrons. The van der Waals surface area contributed by atoms with Crippen LogP contribution in [0.15, 0.2) is 71.6 Å². The minimum absolute atomic E-state index is 0.00326. The molecule has 4 rings (SSSR count). The zero-order chi connectivity index (χ0) is 22.0. The van der Waals surface area contributed by atoms with Crippen molar-refractivity contribution in [2.24, 2.45) is 0 Å². The summed E-state index contributed by atoms with van der Waals surface area (Å²) in [7, 11) is -3.45. The Labute approximate surface area is 183 Å². The van der Waals surface area contributed by atoms with Gasteiger partial charge in [0.1, 0.15) is 17.3 Å². The SMILES string of the molecule is CC(=O)c1ccc(COc2ccc(CN3Cc4ccccc4C3)cc2S(C)(=O)=O)cc1. The second-order valence-electron chi connectivity index (χ2n) is 8.01. The maximum absolute atomic E-state index is 12.4. The highest BCUT2D eigenvalue weighted by Gasteiger charge is 2.20. The van der Waals surface area contributed by atoms with E-state index in [4.69, 9.17) is 4.74 Å². The van der Waals surface area contributed by atoms with Gasteiger partial charge in [-0.1, -0.05) is 54.6 Å². The lowest BCUT2D eigenvalue weighted by Gasteiger charge is -2.17. The predicted molar refractivity (Wildman–Crippen MR) is 120 cm³/mol. The molecule has 1 aliphatic heterocycles. The third-order valence-corrected chi connectivity index (χ3v) is 6.59. The number of nitrogens with zero attached hydrogens (tertiary/aromatic N) is 1. The normalized spacial score (nSPS) is 13.7. The third kappa shape index (κ3) is 5.03. The van der Waals surface area contributed by atoms with Gasteiger partial charge in [0.15, 0.2) is 15.6 Å². The van der Waals surface area contributed by atoms with E-state index < -0.39 is 9.84 Å². The predicted octanol–water partition coefficient (Wildman–Crippen LogP) is 4.39. The summed E-state index contributed by atoms with van der Waals surface area (Å²) in [6, 6.07) is 20.9. The summed E-state index contributed by atoms with van der Waals surface area (Å²) in [4.78, 5) is 13.9. The standard InChI is InChI=1S/C25H25NO4S/c1-18(27)21-10-7-19(8-11-21)17-30-24-12-9-20(13-25(24)31(2,28)29)14-26-15-22-5-3-4-6-23(22)16-26/h3-13H,14-17H2,1-2H3. The molecule has 0 saturated heterocycles. The fourth-order valence-corrected chi connectivity index (χ4v) is 4.69. The van der Waals surface area contributed by atoms with E-state index in [-0.39, 0.29) is 17.3 Å². The van der Waals surface area contributed by atoms with Crippen LogP contribution in [-0.4, -0.2) is 25.4 Å². The summed E-state index contributed by atoms with van der Waals surface area (Å²) in [5.41, 5.74) is 5.08. The monoisotopic (exact) mass is 435 g/mol. The highest BCUT2D eigenvalue weighted by molar-refractivity contribution is 7.90. The number of sulfone groups is 1. The van der Waals surface area contributed by atoms with E-state index in [0.29, 0.717) is 17.9 Å². The smallest absolute Gasteiger partial charge is 0.179 e. The molecule has 0 unspecified atom stereocenters. The van der Waals surface area contributed by atoms with Crippen molar-refractivity contribution in [3.05, 3.63) is 94.5 Å². The molecule has 0 saturated carbocycles. The molecular weight excluding hydrogens is 410 g/mol. The van der Waals surface area contributed by atoms with Crippen molar-refractivity contribution in [2.75, 3.05) is 6.26 Å². The number of carbonyl (C=O) groups is 1. The first-order valence-electron chi connectivity index (χ1n) is 10.1. The van der Waals surface area contributed by atoms with E-state index in [0.717, 1.165) is 24.2 Å². The Balaban J connectivity index is 1.49. The van der Waals surface area contributed by atoms with E-state index in [1.807, 2.05) is 30.3 Å². The van der Waals surface area contributed by atoms with Gasteiger partial charge in [0.2, 0.25) is 0 Å². The lowest BCUT2D eigenvalue weighted by atomic mass is 10.1. The lowest BCUT2D eigenvalue weighted by molar-refractivity contribution is 0.101. The van der Waals surface area contributed by atoms with Crippen molar-refractivity contribution < 1.29 is 17.9 Å². The van der Waals surface area contributed by atoms with E-state index in [1.54, 1.807) is 24.3 Å². The molecule has 5 nitrogen and oxygen atoms in total. The second-order valence-corrected chi connectivity index (χ2v) is 9.99. The summed E-state index contributed by atoms with van der Waals surface area (Å²) in [6.45, 7) is 4.13. The van der Waals surface area contributed by atoms with Gasteiger partial charge < -0.3 is 4.74 Å². The first-order chi connectivity index (χ1) is 14.8. The molecule has 0 fully saturated rings. The number of hydrogen-bond donors (Lipinski definition) is 0. The zero-order valence-electron chi connectivity index (χ0n) is 17.7. The number of carbonyl (C=O) groups excluding carboxylic acids is 1. The number of ketones is 1. The van der Waals surface area contributed by atoms with Crippen LogP contribution >= 0.6 is 0 Å². The van der Waals surface area contributed by atoms with E-state index in [9.17, 15) is 13.2 Å². The molecule has 0 amide bonds. The van der Waals surface area contributed by atoms with Crippen molar-refractivity contribution in [2.45, 2.75) is 38.1 Å². The molecule has 0 spiro atoms. The van der Waals surface area contributed by atoms with Crippen LogP contribution in [-0.2, 0) is 36.1 Å². The number of benzene rings is 3. The summed E-state index contributed by atoms with van der Waals surface area (Å²) in [5, 5.41) is 0. The molecule has 31 heavy (non-hydrogen) atoms. The van der Waals surface area contributed by atoms with Crippen LogP contribution in [0.4, 0.5) is 0 Å². The third-order valence-electron chi connectivity index (χ3n) is 5.47. The Morgan fingerprint density at radius 2 is 1.55 bits per heavy atom. The number of Topliss-reactive ketones (excluding diaryl/α,β-unsaturated/α-hetero) is 1. The van der Waals surface area contributed by atoms with Crippen LogP contribution < -0.4 is 4.74 Å². The van der Waals surface area contributed by atoms with Crippen molar-refractivity contribution in [1.82, 2.24) is 4.90 Å². The van der Waals surface area contributed by atoms with Gasteiger partial charge in [-0.15, -0.1) is 0 Å². The highest BCUT2D eigenvalue weighted by Crippen LogP contribution is 2.29. The van der Waals surface area contributed by atoms with Crippen LogP contribution in [0.2, 0.25) is 0 Å². The van der Waals surface area contributed by atoms with Gasteiger partial charge in [0.25, 0.3) is 0 Å². The topological polar surface area (TPSA) is 63.7 Å². The Morgan fingerprint density at radius 3 is 2.13 bits per heavy atom. The second kappa shape index (κ2) is 8.65. The largest absolute Gasteiger partial charge is 0.488 e. The molecule has 0 aromatic heterocycles. The van der Waals surface area contributed by atoms with Crippen LogP contribution in [0, 0.1) is 0 Å². The van der Waals surface area contributed by atoms with E-state index in [1.165, 1.54) is 24.3 Å². The van der Waals surface area contributed by atoms with Crippen molar-refractivity contribution in [1.29, 1.82) is 0 Å². The maximum Gasteiger partial charge on any atom is 0.179 e. The van der Waals surface area contributed by atoms with Gasteiger partial charge in [0, 0.05) is 31.5 Å². The highest BCUT2D eigenvalue weighted by atomic mass is 32.2. The first kappa shape index (κ1) is 21.3. The Hall–Kier alpha value is -2.96. The molecule has 1 heterocycles. The molecule has 0 bridgehead atoms. The number of ether oxygens (including phenoxy) is 1. The Kier molecular flexibility index (Phi) is 5.94. The van der Waals surface area contributed by atoms with Gasteiger partial charge in [0.05, 0.1) is 0 Å². The van der Waals surface area contributed by atoms with E-state index in [2.05, 4.69) is 17.0 Å². The number of rotatable bonds is 7. The first-order valence-corrected chi connectivity index (χ1v) is 12.0. The summed E-state index contributed by atoms with van der Waals surface area (Å²) >= 11 is 0. The molecule has 1 aliphatic rings. The maximum atomic E-state index is 12.4. The van der Waals surface area contributed by atoms with Crippen LogP contribution in [0.5, 0.6) is 5.75 Å². The molecular formula is C25H25NO4S. The minimum atomic E-state index is -3.45. The molecule has 6 heteroatoms.